The molecule has 0 radical (unpaired) electrons. The van der Waals surface area contributed by atoms with Gasteiger partial charge in [0.1, 0.15) is 41.6 Å². The Kier molecular flexibility index (Phi) is 29.0. The number of unbranched alkanes of at least 4 members (excludes halogenated alkanes) is 2. The molecular formula is C47H75F3N16O11. The van der Waals surface area contributed by atoms with Gasteiger partial charge in [0.25, 0.3) is 11.8 Å². The van der Waals surface area contributed by atoms with Gasteiger partial charge in [0.15, 0.2) is 5.96 Å². The van der Waals surface area contributed by atoms with E-state index < -0.39 is 138 Å². The summed E-state index contributed by atoms with van der Waals surface area (Å²) in [4.78, 5) is 125. The second-order valence-corrected chi connectivity index (χ2v) is 17.9. The third kappa shape index (κ3) is 22.9. The number of hydrogen-bond acceptors (Lipinski definition) is 16. The molecule has 7 atom stereocenters. The zero-order chi connectivity index (χ0) is 57.8. The Labute approximate surface area is 442 Å². The topological polar surface area (TPSA) is 474 Å². The van der Waals surface area contributed by atoms with Crippen LogP contribution < -0.4 is 71.6 Å². The number of benzene rings is 1. The first-order valence-corrected chi connectivity index (χ1v) is 25.0. The number of carbonyl (C=O) groups is 9. The summed E-state index contributed by atoms with van der Waals surface area (Å²) in [5.41, 5.74) is 31.0. The molecule has 1 heterocycles. The van der Waals surface area contributed by atoms with Gasteiger partial charge in [0, 0.05) is 26.1 Å². The number of nitrogens with two attached hydrogens (primary N) is 6. The van der Waals surface area contributed by atoms with Crippen LogP contribution in [0.2, 0.25) is 0 Å². The number of guanidine groups is 1. The maximum Gasteiger partial charge on any atom is 0.416 e. The van der Waals surface area contributed by atoms with Crippen molar-refractivity contribution in [1.82, 2.24) is 42.1 Å². The van der Waals surface area contributed by atoms with Crippen molar-refractivity contribution in [1.29, 1.82) is 5.41 Å². The van der Waals surface area contributed by atoms with Gasteiger partial charge in [-0.1, -0.05) is 30.7 Å². The predicted octanol–water partition coefficient (Wildman–Crippen LogP) is -4.12. The normalized spacial score (nSPS) is 16.1. The lowest BCUT2D eigenvalue weighted by Gasteiger charge is -2.28. The highest BCUT2D eigenvalue weighted by molar-refractivity contribution is 6.40. The first kappa shape index (κ1) is 66.0. The van der Waals surface area contributed by atoms with Gasteiger partial charge in [-0.15, -0.1) is 0 Å². The fourth-order valence-corrected chi connectivity index (χ4v) is 7.72. The van der Waals surface area contributed by atoms with Crippen molar-refractivity contribution >= 4 is 64.9 Å². The standard InChI is InChI=1S/C47H75F3N16O11/c1-26(60-43(74)37(35(67)24-54)65-39(70)29(55)13-4-6-18-51)38(69)59-25-36(68)61-31(15-8-20-53)44(75)66-22-10-17-34(66)42(73)64-33(23-27-11-2-3-12-28(27)47(48,49)50)41(72)62-30(14-5-7-19-52)40(71)63-32(45(76)77)16-9-21-58-46(56)57/h2-3,11-12,16,26,29-30,33-35,37,67H,4-10,13-15,17-25,51-55H2,1H3,(H,59,69)(H,60,74)(H,62,72)(H,63,71)(H,64,73)(H,65,70)(H,76,77)(H4,56,57,58)/b32-16-,61-31+/t26-,29-,30-,33-,34-,35-,37-/m0/s1. The van der Waals surface area contributed by atoms with Gasteiger partial charge >= 0.3 is 12.1 Å². The molecule has 22 N–H and O–H groups in total. The highest BCUT2D eigenvalue weighted by atomic mass is 19.4. The highest BCUT2D eigenvalue weighted by Gasteiger charge is 2.40. The first-order chi connectivity index (χ1) is 36.4. The lowest BCUT2D eigenvalue weighted by molar-refractivity contribution is -0.139. The summed E-state index contributed by atoms with van der Waals surface area (Å²) < 4.78 is 42.8. The van der Waals surface area contributed by atoms with Crippen LogP contribution in [-0.4, -0.2) is 168 Å². The Morgan fingerprint density at radius 3 is 2.09 bits per heavy atom. The number of alkyl halides is 3. The van der Waals surface area contributed by atoms with Crippen molar-refractivity contribution in [2.24, 2.45) is 39.4 Å². The van der Waals surface area contributed by atoms with Gasteiger partial charge in [-0.05, 0) is 102 Å². The number of carboxylic acid groups (broad SMARTS) is 1. The van der Waals surface area contributed by atoms with E-state index in [1.165, 1.54) is 13.0 Å². The van der Waals surface area contributed by atoms with Crippen LogP contribution in [0, 0.1) is 5.41 Å². The van der Waals surface area contributed by atoms with E-state index >= 15 is 0 Å². The second kappa shape index (κ2) is 33.8. The maximum absolute atomic E-state index is 14.3. The summed E-state index contributed by atoms with van der Waals surface area (Å²) in [5, 5.41) is 43.9. The monoisotopic (exact) mass is 1100 g/mol. The van der Waals surface area contributed by atoms with Crippen molar-refractivity contribution in [2.45, 2.75) is 133 Å². The molecule has 1 fully saturated rings. The average Bonchev–Trinajstić information content (AvgIpc) is 3.88. The van der Waals surface area contributed by atoms with E-state index in [0.717, 1.165) is 29.2 Å². The minimum absolute atomic E-state index is 0.0151. The van der Waals surface area contributed by atoms with E-state index in [-0.39, 0.29) is 89.2 Å². The second-order valence-electron chi connectivity index (χ2n) is 17.9. The molecule has 430 valence electrons. The van der Waals surface area contributed by atoms with Crippen molar-refractivity contribution in [3.8, 4) is 0 Å². The lowest BCUT2D eigenvalue weighted by atomic mass is 9.98. The molecule has 2 rings (SSSR count). The van der Waals surface area contributed by atoms with Crippen molar-refractivity contribution in [2.75, 3.05) is 45.8 Å². The fraction of sp³-hybridized carbons (Fsp3) is 0.596. The van der Waals surface area contributed by atoms with Crippen LogP contribution in [0.1, 0.15) is 88.7 Å². The molecule has 0 saturated carbocycles. The molecule has 1 aliphatic rings. The van der Waals surface area contributed by atoms with Gasteiger partial charge in [0.2, 0.25) is 35.4 Å². The van der Waals surface area contributed by atoms with Gasteiger partial charge in [-0.25, -0.2) is 9.79 Å². The largest absolute Gasteiger partial charge is 0.477 e. The van der Waals surface area contributed by atoms with Crippen LogP contribution in [0.25, 0.3) is 0 Å². The smallest absolute Gasteiger partial charge is 0.416 e. The zero-order valence-electron chi connectivity index (χ0n) is 42.9. The van der Waals surface area contributed by atoms with E-state index in [1.807, 2.05) is 0 Å². The van der Waals surface area contributed by atoms with Gasteiger partial charge in [-0.2, -0.15) is 13.2 Å². The van der Waals surface area contributed by atoms with Crippen LogP contribution in [0.15, 0.2) is 41.0 Å². The van der Waals surface area contributed by atoms with E-state index in [4.69, 9.17) is 39.8 Å². The number of aliphatic carboxylic acids is 1. The number of aliphatic hydroxyl groups is 1. The minimum Gasteiger partial charge on any atom is -0.477 e. The van der Waals surface area contributed by atoms with Crippen LogP contribution in [-0.2, 0) is 55.7 Å². The molecule has 0 aromatic heterocycles. The number of likely N-dealkylation sites (tertiary alicyclic amines) is 1. The molecule has 0 unspecified atom stereocenters. The quantitative estimate of drug-likeness (QED) is 0.0138. The summed E-state index contributed by atoms with van der Waals surface area (Å²) in [7, 11) is 0. The molecule has 1 aliphatic heterocycles. The third-order valence-electron chi connectivity index (χ3n) is 11.9. The summed E-state index contributed by atoms with van der Waals surface area (Å²) >= 11 is 0. The number of nitrogens with zero attached hydrogens (tertiary/aromatic N) is 2. The molecule has 27 nitrogen and oxygen atoms in total. The molecule has 1 saturated heterocycles. The lowest BCUT2D eigenvalue weighted by Crippen LogP contribution is -2.60. The molecule has 0 bridgehead atoms. The summed E-state index contributed by atoms with van der Waals surface area (Å²) in [6, 6.07) is -4.49. The van der Waals surface area contributed by atoms with E-state index in [9.17, 15) is 66.5 Å². The predicted molar refractivity (Wildman–Crippen MR) is 274 cm³/mol. The fourth-order valence-electron chi connectivity index (χ4n) is 7.72. The number of carbonyl (C=O) groups excluding carboxylic acids is 8. The zero-order valence-corrected chi connectivity index (χ0v) is 42.9. The Hall–Kier alpha value is -7.12. The van der Waals surface area contributed by atoms with Crippen LogP contribution >= 0.6 is 0 Å². The number of nitrogens with one attached hydrogen (secondary N) is 8. The van der Waals surface area contributed by atoms with E-state index in [0.29, 0.717) is 25.8 Å². The van der Waals surface area contributed by atoms with Crippen LogP contribution in [0.4, 0.5) is 13.2 Å². The third-order valence-corrected chi connectivity index (χ3v) is 11.9. The summed E-state index contributed by atoms with van der Waals surface area (Å²) in [5.74, 6) is -9.78. The first-order valence-electron chi connectivity index (χ1n) is 25.0. The van der Waals surface area contributed by atoms with Crippen LogP contribution in [0.3, 0.4) is 0 Å². The van der Waals surface area contributed by atoms with Gasteiger partial charge < -0.3 is 86.7 Å². The van der Waals surface area contributed by atoms with E-state index in [2.05, 4.69) is 42.2 Å². The Balaban J connectivity index is 2.38. The molecule has 0 spiro atoms. The molecule has 1 aromatic carbocycles. The summed E-state index contributed by atoms with van der Waals surface area (Å²) in [6.07, 6.45) is -4.27. The average molecular weight is 1100 g/mol. The molecular weight excluding hydrogens is 1020 g/mol. The number of aliphatic imine (C=N–C) groups is 1. The number of halogens is 3. The summed E-state index contributed by atoms with van der Waals surface area (Å²) in [6.45, 7) is 0.478. The SMILES string of the molecule is C[C@H](NC(=O)[C@@H](NC(=O)[C@@H](N)CCCCN)[C@@H](O)CN)C(=O)NCC(=O)/N=C(\CCCN)C(=O)N1CCC[C@H]1C(=O)N[C@@H](Cc1ccccc1C(F)(F)F)C(=O)N[C@@H](CCCCN)C(=O)N/C(=C\CCNC(=N)N)C(=O)O. The Morgan fingerprint density at radius 2 is 1.48 bits per heavy atom. The number of carboxylic acids is 1. The van der Waals surface area contributed by atoms with Crippen LogP contribution in [0.5, 0.6) is 0 Å². The molecule has 1 aromatic rings. The Bertz CT molecular complexity index is 2270. The van der Waals surface area contributed by atoms with Crippen molar-refractivity contribution in [3.63, 3.8) is 0 Å². The molecule has 30 heteroatoms. The maximum atomic E-state index is 14.3. The van der Waals surface area contributed by atoms with Gasteiger partial charge in [-0.3, -0.25) is 43.8 Å². The minimum atomic E-state index is -4.91. The number of rotatable bonds is 33. The highest BCUT2D eigenvalue weighted by Crippen LogP contribution is 2.32. The Morgan fingerprint density at radius 1 is 0.831 bits per heavy atom. The number of aliphatic hydroxyl groups excluding tert-OH is 1. The van der Waals surface area contributed by atoms with Crippen molar-refractivity contribution < 1.29 is 66.5 Å². The number of amides is 8. The molecule has 77 heavy (non-hydrogen) atoms. The van der Waals surface area contributed by atoms with Crippen molar-refractivity contribution in [3.05, 3.63) is 47.2 Å². The van der Waals surface area contributed by atoms with Gasteiger partial charge in [0.05, 0.1) is 24.3 Å². The molecule has 8 amide bonds. The van der Waals surface area contributed by atoms with E-state index in [1.54, 1.807) is 0 Å². The number of hydrogen-bond donors (Lipinski definition) is 16. The molecule has 0 aliphatic carbocycles.